The zero-order chi connectivity index (χ0) is 18.1. The molecule has 7 heteroatoms. The predicted octanol–water partition coefficient (Wildman–Crippen LogP) is 4.52. The van der Waals surface area contributed by atoms with Crippen molar-refractivity contribution in [1.29, 1.82) is 0 Å². The van der Waals surface area contributed by atoms with Gasteiger partial charge in [0.05, 0.1) is 6.42 Å². The second kappa shape index (κ2) is 6.68. The molecule has 2 aromatic carbocycles. The topological polar surface area (TPSA) is 46.4 Å². The number of aromatic nitrogens is 2. The van der Waals surface area contributed by atoms with E-state index in [1.165, 1.54) is 29.5 Å². The van der Waals surface area contributed by atoms with Gasteiger partial charge in [-0.3, -0.25) is 9.20 Å². The van der Waals surface area contributed by atoms with Gasteiger partial charge in [0.15, 0.2) is 4.96 Å². The maximum atomic E-state index is 13.8. The highest BCUT2D eigenvalue weighted by atomic mass is 32.1. The number of fused-ring (bicyclic) bond motifs is 1. The quantitative estimate of drug-likeness (QED) is 0.575. The Morgan fingerprint density at radius 1 is 1.12 bits per heavy atom. The molecule has 0 aliphatic carbocycles. The normalized spacial score (nSPS) is 11.0. The van der Waals surface area contributed by atoms with E-state index in [4.69, 9.17) is 0 Å². The van der Waals surface area contributed by atoms with Gasteiger partial charge in [0, 0.05) is 17.1 Å². The van der Waals surface area contributed by atoms with Crippen LogP contribution in [0.2, 0.25) is 0 Å². The Labute approximate surface area is 151 Å². The van der Waals surface area contributed by atoms with E-state index in [2.05, 4.69) is 10.3 Å². The maximum absolute atomic E-state index is 13.8. The van der Waals surface area contributed by atoms with E-state index in [1.807, 2.05) is 5.38 Å². The van der Waals surface area contributed by atoms with Gasteiger partial charge in [-0.05, 0) is 35.9 Å². The van der Waals surface area contributed by atoms with Crippen LogP contribution in [-0.2, 0) is 11.2 Å². The molecule has 0 spiro atoms. The minimum absolute atomic E-state index is 0.0904. The van der Waals surface area contributed by atoms with Crippen molar-refractivity contribution in [3.05, 3.63) is 77.3 Å². The van der Waals surface area contributed by atoms with Crippen molar-refractivity contribution in [2.45, 2.75) is 6.42 Å². The third kappa shape index (κ3) is 3.09. The number of imidazole rings is 1. The van der Waals surface area contributed by atoms with Gasteiger partial charge < -0.3 is 5.32 Å². The van der Waals surface area contributed by atoms with E-state index in [1.54, 1.807) is 40.9 Å². The summed E-state index contributed by atoms with van der Waals surface area (Å²) in [5.41, 5.74) is 1.54. The zero-order valence-corrected chi connectivity index (χ0v) is 14.3. The van der Waals surface area contributed by atoms with Crippen LogP contribution in [-0.4, -0.2) is 15.3 Å². The average molecular weight is 369 g/mol. The fourth-order valence-corrected chi connectivity index (χ4v) is 3.42. The summed E-state index contributed by atoms with van der Waals surface area (Å²) in [5, 5.41) is 4.67. The molecule has 1 N–H and O–H groups in total. The molecule has 2 aromatic heterocycles. The average Bonchev–Trinajstić information content (AvgIpc) is 3.21. The van der Waals surface area contributed by atoms with Gasteiger partial charge in [-0.15, -0.1) is 11.3 Å². The number of carbonyl (C=O) groups excluding carboxylic acids is 1. The van der Waals surface area contributed by atoms with Gasteiger partial charge >= 0.3 is 0 Å². The molecule has 1 amide bonds. The van der Waals surface area contributed by atoms with Crippen LogP contribution < -0.4 is 5.32 Å². The number of nitrogens with zero attached hydrogens (tertiary/aromatic N) is 2. The van der Waals surface area contributed by atoms with Gasteiger partial charge in [0.2, 0.25) is 5.91 Å². The number of hydrogen-bond acceptors (Lipinski definition) is 3. The molecule has 0 radical (unpaired) electrons. The van der Waals surface area contributed by atoms with Crippen LogP contribution >= 0.6 is 11.3 Å². The van der Waals surface area contributed by atoms with Crippen molar-refractivity contribution >= 4 is 28.0 Å². The SMILES string of the molecule is O=C(Cc1ccccc1F)Nc1c(-c2ccc(F)cc2)nc2sccn12. The lowest BCUT2D eigenvalue weighted by molar-refractivity contribution is -0.115. The molecule has 2 heterocycles. The second-order valence-electron chi connectivity index (χ2n) is 5.69. The summed E-state index contributed by atoms with van der Waals surface area (Å²) >= 11 is 1.42. The molecule has 4 rings (SSSR count). The summed E-state index contributed by atoms with van der Waals surface area (Å²) in [6, 6.07) is 12.1. The standard InChI is InChI=1S/C19H13F2N3OS/c20-14-7-5-12(6-8-14)17-18(24-9-10-26-19(24)23-17)22-16(25)11-13-3-1-2-4-15(13)21/h1-10H,11H2,(H,22,25). The molecule has 130 valence electrons. The number of amides is 1. The van der Waals surface area contributed by atoms with Crippen molar-refractivity contribution in [2.24, 2.45) is 0 Å². The van der Waals surface area contributed by atoms with Gasteiger partial charge in [-0.25, -0.2) is 13.8 Å². The third-order valence-electron chi connectivity index (χ3n) is 3.95. The van der Waals surface area contributed by atoms with E-state index in [9.17, 15) is 13.6 Å². The van der Waals surface area contributed by atoms with Crippen LogP contribution in [0.4, 0.5) is 14.6 Å². The molecule has 0 saturated heterocycles. The summed E-state index contributed by atoms with van der Waals surface area (Å²) in [6.45, 7) is 0. The molecule has 0 bridgehead atoms. The van der Waals surface area contributed by atoms with Crippen molar-refractivity contribution in [1.82, 2.24) is 9.38 Å². The predicted molar refractivity (Wildman–Crippen MR) is 97.2 cm³/mol. The van der Waals surface area contributed by atoms with Crippen molar-refractivity contribution in [3.8, 4) is 11.3 Å². The molecule has 0 atom stereocenters. The number of anilines is 1. The number of thiazole rings is 1. The van der Waals surface area contributed by atoms with Gasteiger partial charge in [0.25, 0.3) is 0 Å². The lowest BCUT2D eigenvalue weighted by Gasteiger charge is -2.08. The van der Waals surface area contributed by atoms with Crippen LogP contribution in [0.25, 0.3) is 16.2 Å². The third-order valence-corrected chi connectivity index (χ3v) is 4.70. The monoisotopic (exact) mass is 369 g/mol. The summed E-state index contributed by atoms with van der Waals surface area (Å²) < 4.78 is 28.7. The smallest absolute Gasteiger partial charge is 0.230 e. The Balaban J connectivity index is 1.68. The van der Waals surface area contributed by atoms with Crippen LogP contribution in [0.15, 0.2) is 60.1 Å². The number of carbonyl (C=O) groups is 1. The number of halogens is 2. The summed E-state index contributed by atoms with van der Waals surface area (Å²) in [4.78, 5) is 17.7. The van der Waals surface area contributed by atoms with Gasteiger partial charge in [-0.1, -0.05) is 18.2 Å². The summed E-state index contributed by atoms with van der Waals surface area (Å²) in [5.74, 6) is -0.643. The van der Waals surface area contributed by atoms with E-state index in [-0.39, 0.29) is 18.1 Å². The Hall–Kier alpha value is -3.06. The Morgan fingerprint density at radius 2 is 1.88 bits per heavy atom. The highest BCUT2D eigenvalue weighted by Crippen LogP contribution is 2.31. The largest absolute Gasteiger partial charge is 0.310 e. The highest BCUT2D eigenvalue weighted by Gasteiger charge is 2.18. The Kier molecular flexibility index (Phi) is 4.22. The van der Waals surface area contributed by atoms with Crippen LogP contribution in [0.5, 0.6) is 0 Å². The van der Waals surface area contributed by atoms with E-state index in [0.717, 1.165) is 0 Å². The first-order chi connectivity index (χ1) is 12.6. The maximum Gasteiger partial charge on any atom is 0.230 e. The molecule has 0 saturated carbocycles. The van der Waals surface area contributed by atoms with Crippen LogP contribution in [0.3, 0.4) is 0 Å². The molecular formula is C19H13F2N3OS. The first-order valence-corrected chi connectivity index (χ1v) is 8.74. The lowest BCUT2D eigenvalue weighted by Crippen LogP contribution is -2.16. The molecular weight excluding hydrogens is 356 g/mol. The molecule has 0 unspecified atom stereocenters. The zero-order valence-electron chi connectivity index (χ0n) is 13.4. The minimum Gasteiger partial charge on any atom is -0.310 e. The molecule has 26 heavy (non-hydrogen) atoms. The van der Waals surface area contributed by atoms with Crippen molar-refractivity contribution in [2.75, 3.05) is 5.32 Å². The Morgan fingerprint density at radius 3 is 2.65 bits per heavy atom. The summed E-state index contributed by atoms with van der Waals surface area (Å²) in [7, 11) is 0. The minimum atomic E-state index is -0.421. The van der Waals surface area contributed by atoms with Gasteiger partial charge in [-0.2, -0.15) is 0 Å². The first kappa shape index (κ1) is 16.4. The molecule has 0 aliphatic rings. The van der Waals surface area contributed by atoms with Crippen LogP contribution in [0.1, 0.15) is 5.56 Å². The summed E-state index contributed by atoms with van der Waals surface area (Å²) in [6.07, 6.45) is 1.70. The second-order valence-corrected chi connectivity index (χ2v) is 6.56. The Bertz CT molecular complexity index is 1090. The van der Waals surface area contributed by atoms with E-state index < -0.39 is 5.82 Å². The van der Waals surface area contributed by atoms with E-state index >= 15 is 0 Å². The first-order valence-electron chi connectivity index (χ1n) is 7.86. The number of rotatable bonds is 4. The molecule has 0 aliphatic heterocycles. The van der Waals surface area contributed by atoms with Crippen molar-refractivity contribution in [3.63, 3.8) is 0 Å². The number of benzene rings is 2. The molecule has 0 fully saturated rings. The molecule has 4 aromatic rings. The van der Waals surface area contributed by atoms with E-state index in [0.29, 0.717) is 27.6 Å². The fraction of sp³-hybridized carbons (Fsp3) is 0.0526. The fourth-order valence-electron chi connectivity index (χ4n) is 2.71. The highest BCUT2D eigenvalue weighted by molar-refractivity contribution is 7.15. The van der Waals surface area contributed by atoms with Gasteiger partial charge in [0.1, 0.15) is 23.1 Å². The lowest BCUT2D eigenvalue weighted by atomic mass is 10.1. The van der Waals surface area contributed by atoms with Crippen LogP contribution in [0, 0.1) is 11.6 Å². The number of hydrogen-bond donors (Lipinski definition) is 1. The number of nitrogens with one attached hydrogen (secondary N) is 1. The molecule has 4 nitrogen and oxygen atoms in total. The van der Waals surface area contributed by atoms with Crippen molar-refractivity contribution < 1.29 is 13.6 Å².